The van der Waals surface area contributed by atoms with Crippen molar-refractivity contribution in [2.45, 2.75) is 26.7 Å². The second-order valence-corrected chi connectivity index (χ2v) is 6.74. The highest BCUT2D eigenvalue weighted by atomic mass is 127. The predicted octanol–water partition coefficient (Wildman–Crippen LogP) is 3.72. The third kappa shape index (κ3) is 9.89. The Morgan fingerprint density at radius 2 is 1.86 bits per heavy atom. The van der Waals surface area contributed by atoms with Crippen molar-refractivity contribution in [3.05, 3.63) is 42.0 Å². The van der Waals surface area contributed by atoms with Crippen molar-refractivity contribution in [3.8, 4) is 0 Å². The van der Waals surface area contributed by atoms with Crippen LogP contribution in [0.5, 0.6) is 0 Å². The molecule has 0 aromatic heterocycles. The lowest BCUT2D eigenvalue weighted by Crippen LogP contribution is -2.52. The van der Waals surface area contributed by atoms with Crippen LogP contribution < -0.4 is 5.32 Å². The van der Waals surface area contributed by atoms with E-state index < -0.39 is 0 Å². The summed E-state index contributed by atoms with van der Waals surface area (Å²) in [5, 5.41) is 3.45. The minimum absolute atomic E-state index is 0. The van der Waals surface area contributed by atoms with Crippen molar-refractivity contribution < 1.29 is 4.74 Å². The van der Waals surface area contributed by atoms with Crippen LogP contribution in [0.2, 0.25) is 0 Å². The molecule has 1 aromatic rings. The number of rotatable bonds is 10. The topological polar surface area (TPSA) is 40.1 Å². The molecular weight excluding hydrogens is 463 g/mol. The number of halogens is 1. The van der Waals surface area contributed by atoms with Crippen molar-refractivity contribution in [2.75, 3.05) is 59.0 Å². The van der Waals surface area contributed by atoms with Crippen LogP contribution in [-0.4, -0.2) is 74.8 Å². The molecule has 1 aliphatic heterocycles. The maximum Gasteiger partial charge on any atom is 0.194 e. The predicted molar refractivity (Wildman–Crippen MR) is 131 cm³/mol. The van der Waals surface area contributed by atoms with Gasteiger partial charge in [0.25, 0.3) is 0 Å². The van der Waals surface area contributed by atoms with Crippen molar-refractivity contribution in [1.82, 2.24) is 15.1 Å². The fourth-order valence-corrected chi connectivity index (χ4v) is 3.12. The Bertz CT molecular complexity index is 557. The van der Waals surface area contributed by atoms with Crippen LogP contribution in [0.1, 0.15) is 32.3 Å². The quantitative estimate of drug-likeness (QED) is 0.230. The van der Waals surface area contributed by atoms with Gasteiger partial charge in [0.1, 0.15) is 0 Å². The summed E-state index contributed by atoms with van der Waals surface area (Å²) in [4.78, 5) is 9.70. The van der Waals surface area contributed by atoms with E-state index in [1.54, 1.807) is 0 Å². The number of nitrogens with one attached hydrogen (secondary N) is 1. The van der Waals surface area contributed by atoms with E-state index in [2.05, 4.69) is 64.5 Å². The van der Waals surface area contributed by atoms with Crippen LogP contribution in [-0.2, 0) is 4.74 Å². The SMILES string of the molecule is CCNC(=NCCCCOCC)N1CCN(C/C=C/c2ccccc2)CC1.I. The Balaban J connectivity index is 0.00000392. The molecule has 28 heavy (non-hydrogen) atoms. The first-order valence-corrected chi connectivity index (χ1v) is 10.4. The van der Waals surface area contributed by atoms with Gasteiger partial charge in [-0.25, -0.2) is 0 Å². The Hall–Kier alpha value is -1.12. The van der Waals surface area contributed by atoms with E-state index in [1.807, 2.05) is 6.92 Å². The molecule has 0 radical (unpaired) electrons. The zero-order valence-corrected chi connectivity index (χ0v) is 19.8. The van der Waals surface area contributed by atoms with Crippen molar-refractivity contribution in [2.24, 2.45) is 4.99 Å². The molecule has 1 fully saturated rings. The number of hydrogen-bond donors (Lipinski definition) is 1. The van der Waals surface area contributed by atoms with Crippen LogP contribution in [0, 0.1) is 0 Å². The number of hydrogen-bond acceptors (Lipinski definition) is 3. The summed E-state index contributed by atoms with van der Waals surface area (Å²) in [6.07, 6.45) is 6.64. The zero-order chi connectivity index (χ0) is 19.2. The summed E-state index contributed by atoms with van der Waals surface area (Å²) in [7, 11) is 0. The molecule has 2 rings (SSSR count). The second kappa shape index (κ2) is 15.8. The van der Waals surface area contributed by atoms with E-state index in [-0.39, 0.29) is 24.0 Å². The van der Waals surface area contributed by atoms with E-state index in [1.165, 1.54) is 5.56 Å². The van der Waals surface area contributed by atoms with Crippen molar-refractivity contribution >= 4 is 36.0 Å². The van der Waals surface area contributed by atoms with Crippen LogP contribution in [0.15, 0.2) is 41.4 Å². The molecule has 5 nitrogen and oxygen atoms in total. The number of benzene rings is 1. The largest absolute Gasteiger partial charge is 0.382 e. The Kier molecular flexibility index (Phi) is 14.0. The first-order chi connectivity index (χ1) is 13.3. The minimum Gasteiger partial charge on any atom is -0.382 e. The lowest BCUT2D eigenvalue weighted by atomic mass is 10.2. The summed E-state index contributed by atoms with van der Waals surface area (Å²) in [5.74, 6) is 1.06. The van der Waals surface area contributed by atoms with Gasteiger partial charge in [-0.15, -0.1) is 24.0 Å². The van der Waals surface area contributed by atoms with Crippen LogP contribution in [0.25, 0.3) is 6.08 Å². The normalized spacial score (nSPS) is 15.6. The molecule has 1 N–H and O–H groups in total. The summed E-state index contributed by atoms with van der Waals surface area (Å²) in [6.45, 7) is 12.8. The van der Waals surface area contributed by atoms with Gasteiger partial charge >= 0.3 is 0 Å². The molecule has 0 aliphatic carbocycles. The highest BCUT2D eigenvalue weighted by Gasteiger charge is 2.18. The maximum absolute atomic E-state index is 5.39. The maximum atomic E-state index is 5.39. The highest BCUT2D eigenvalue weighted by molar-refractivity contribution is 14.0. The van der Waals surface area contributed by atoms with Gasteiger partial charge in [0.2, 0.25) is 0 Å². The van der Waals surface area contributed by atoms with Gasteiger partial charge in [0.15, 0.2) is 5.96 Å². The average molecular weight is 500 g/mol. The van der Waals surface area contributed by atoms with E-state index in [0.29, 0.717) is 0 Å². The molecule has 6 heteroatoms. The third-order valence-corrected chi connectivity index (χ3v) is 4.64. The summed E-state index contributed by atoms with van der Waals surface area (Å²) in [6, 6.07) is 10.5. The second-order valence-electron chi connectivity index (χ2n) is 6.74. The molecule has 158 valence electrons. The van der Waals surface area contributed by atoms with Gasteiger partial charge in [-0.1, -0.05) is 42.5 Å². The lowest BCUT2D eigenvalue weighted by Gasteiger charge is -2.36. The summed E-state index contributed by atoms with van der Waals surface area (Å²) >= 11 is 0. The Labute approximate surface area is 188 Å². The number of aliphatic imine (C=N–C) groups is 1. The van der Waals surface area contributed by atoms with Crippen LogP contribution in [0.3, 0.4) is 0 Å². The first kappa shape index (κ1) is 24.9. The van der Waals surface area contributed by atoms with E-state index in [4.69, 9.17) is 9.73 Å². The standard InChI is InChI=1S/C22H36N4O.HI/c1-3-23-22(24-14-8-9-20-27-4-2)26-18-16-25(17-19-26)15-10-13-21-11-6-5-7-12-21;/h5-7,10-13H,3-4,8-9,14-20H2,1-2H3,(H,23,24);1H/b13-10+;. The van der Waals surface area contributed by atoms with Gasteiger partial charge in [-0.3, -0.25) is 9.89 Å². The van der Waals surface area contributed by atoms with Crippen LogP contribution in [0.4, 0.5) is 0 Å². The van der Waals surface area contributed by atoms with E-state index in [9.17, 15) is 0 Å². The number of ether oxygens (including phenoxy) is 1. The molecule has 1 saturated heterocycles. The highest BCUT2D eigenvalue weighted by Crippen LogP contribution is 2.05. The molecule has 0 bridgehead atoms. The van der Waals surface area contributed by atoms with Gasteiger partial charge in [0.05, 0.1) is 0 Å². The molecular formula is C22H37IN4O. The van der Waals surface area contributed by atoms with Crippen molar-refractivity contribution in [3.63, 3.8) is 0 Å². The molecule has 1 heterocycles. The molecule has 0 amide bonds. The molecule has 1 aromatic carbocycles. The number of piperazine rings is 1. The van der Waals surface area contributed by atoms with Gasteiger partial charge in [0, 0.05) is 59.0 Å². The first-order valence-electron chi connectivity index (χ1n) is 10.4. The fraction of sp³-hybridized carbons (Fsp3) is 0.591. The summed E-state index contributed by atoms with van der Waals surface area (Å²) < 4.78 is 5.39. The molecule has 0 atom stereocenters. The number of nitrogens with zero attached hydrogens (tertiary/aromatic N) is 3. The lowest BCUT2D eigenvalue weighted by molar-refractivity contribution is 0.144. The Morgan fingerprint density at radius 3 is 2.54 bits per heavy atom. The average Bonchev–Trinajstić information content (AvgIpc) is 2.71. The molecule has 0 saturated carbocycles. The third-order valence-electron chi connectivity index (χ3n) is 4.64. The smallest absolute Gasteiger partial charge is 0.194 e. The monoisotopic (exact) mass is 500 g/mol. The number of unbranched alkanes of at least 4 members (excludes halogenated alkanes) is 1. The van der Waals surface area contributed by atoms with Gasteiger partial charge < -0.3 is 15.0 Å². The van der Waals surface area contributed by atoms with Crippen molar-refractivity contribution in [1.29, 1.82) is 0 Å². The van der Waals surface area contributed by atoms with Gasteiger partial charge in [-0.2, -0.15) is 0 Å². The molecule has 0 unspecified atom stereocenters. The zero-order valence-electron chi connectivity index (χ0n) is 17.5. The number of guanidine groups is 1. The fourth-order valence-electron chi connectivity index (χ4n) is 3.12. The minimum atomic E-state index is 0. The van der Waals surface area contributed by atoms with Crippen LogP contribution >= 0.6 is 24.0 Å². The van der Waals surface area contributed by atoms with E-state index in [0.717, 1.165) is 77.8 Å². The summed E-state index contributed by atoms with van der Waals surface area (Å²) in [5.41, 5.74) is 1.27. The Morgan fingerprint density at radius 1 is 1.11 bits per heavy atom. The van der Waals surface area contributed by atoms with E-state index >= 15 is 0 Å². The molecule has 1 aliphatic rings. The molecule has 0 spiro atoms. The van der Waals surface area contributed by atoms with Gasteiger partial charge in [-0.05, 0) is 32.3 Å².